The van der Waals surface area contributed by atoms with Gasteiger partial charge in [-0.25, -0.2) is 9.78 Å². The Morgan fingerprint density at radius 2 is 2.21 bits per heavy atom. The molecule has 132 valence electrons. The maximum absolute atomic E-state index is 12.3. The summed E-state index contributed by atoms with van der Waals surface area (Å²) < 4.78 is 45.6. The molecule has 1 aliphatic rings. The monoisotopic (exact) mass is 347 g/mol. The summed E-state index contributed by atoms with van der Waals surface area (Å²) in [5.74, 6) is -0.349. The summed E-state index contributed by atoms with van der Waals surface area (Å²) in [6, 6.07) is 2.24. The summed E-state index contributed by atoms with van der Waals surface area (Å²) >= 11 is 0. The number of anilines is 1. The number of rotatable bonds is 4. The molecular formula is C14H16F3N3O4. The summed E-state index contributed by atoms with van der Waals surface area (Å²) in [5.41, 5.74) is 0.306. The molecule has 0 saturated carbocycles. The summed E-state index contributed by atoms with van der Waals surface area (Å²) in [7, 11) is 1.38. The van der Waals surface area contributed by atoms with Gasteiger partial charge in [0.2, 0.25) is 11.8 Å². The van der Waals surface area contributed by atoms with Crippen LogP contribution in [0.15, 0.2) is 18.3 Å². The quantitative estimate of drug-likeness (QED) is 0.903. The molecule has 1 aromatic rings. The van der Waals surface area contributed by atoms with E-state index in [2.05, 4.69) is 15.0 Å². The van der Waals surface area contributed by atoms with Crippen LogP contribution >= 0.6 is 0 Å². The number of aromatic nitrogens is 1. The number of carbonyl (C=O) groups excluding carboxylic acids is 2. The van der Waals surface area contributed by atoms with E-state index >= 15 is 0 Å². The Morgan fingerprint density at radius 3 is 2.88 bits per heavy atom. The third-order valence-electron chi connectivity index (χ3n) is 3.37. The maximum atomic E-state index is 12.3. The topological polar surface area (TPSA) is 80.8 Å². The van der Waals surface area contributed by atoms with Crippen LogP contribution in [0.4, 0.5) is 23.7 Å². The number of hydrogen-bond acceptors (Lipinski definition) is 5. The second kappa shape index (κ2) is 7.37. The zero-order chi connectivity index (χ0) is 17.7. The normalized spacial score (nSPS) is 17.5. The lowest BCUT2D eigenvalue weighted by molar-refractivity contribution is -0.162. The number of likely N-dealkylation sites (tertiary alicyclic amines) is 1. The highest BCUT2D eigenvalue weighted by molar-refractivity contribution is 5.97. The number of pyridine rings is 1. The smallest absolute Gasteiger partial charge is 0.422 e. The first-order valence-electron chi connectivity index (χ1n) is 7.12. The fourth-order valence-electron chi connectivity index (χ4n) is 2.35. The van der Waals surface area contributed by atoms with Crippen molar-refractivity contribution in [3.8, 4) is 5.88 Å². The molecule has 1 saturated heterocycles. The molecule has 24 heavy (non-hydrogen) atoms. The van der Waals surface area contributed by atoms with Crippen molar-refractivity contribution in [2.45, 2.75) is 25.1 Å². The Bertz CT molecular complexity index is 609. The molecule has 2 amide bonds. The van der Waals surface area contributed by atoms with Gasteiger partial charge in [-0.15, -0.1) is 0 Å². The third kappa shape index (κ3) is 4.49. The van der Waals surface area contributed by atoms with Crippen molar-refractivity contribution < 1.29 is 32.2 Å². The molecule has 0 aliphatic carbocycles. The van der Waals surface area contributed by atoms with Crippen LogP contribution in [0.25, 0.3) is 0 Å². The zero-order valence-electron chi connectivity index (χ0n) is 12.8. The van der Waals surface area contributed by atoms with Crippen LogP contribution in [0.1, 0.15) is 12.8 Å². The Kier molecular flexibility index (Phi) is 5.47. The van der Waals surface area contributed by atoms with Gasteiger partial charge in [-0.2, -0.15) is 13.2 Å². The van der Waals surface area contributed by atoms with Crippen molar-refractivity contribution in [3.05, 3.63) is 18.3 Å². The van der Waals surface area contributed by atoms with Crippen molar-refractivity contribution >= 4 is 17.7 Å². The number of nitrogens with zero attached hydrogens (tertiary/aromatic N) is 2. The molecule has 0 radical (unpaired) electrons. The highest BCUT2D eigenvalue weighted by atomic mass is 19.4. The van der Waals surface area contributed by atoms with Crippen LogP contribution in [0.5, 0.6) is 5.88 Å². The number of carbonyl (C=O) groups is 2. The minimum Gasteiger partial charge on any atom is -0.480 e. The Hall–Kier alpha value is -2.52. The van der Waals surface area contributed by atoms with Crippen LogP contribution < -0.4 is 10.1 Å². The molecular weight excluding hydrogens is 331 g/mol. The minimum atomic E-state index is -4.61. The van der Waals surface area contributed by atoms with Gasteiger partial charge in [0, 0.05) is 12.7 Å². The molecule has 1 aromatic heterocycles. The zero-order valence-corrected chi connectivity index (χ0v) is 12.8. The molecule has 1 aliphatic heterocycles. The number of nitrogens with one attached hydrogen (secondary N) is 1. The van der Waals surface area contributed by atoms with Gasteiger partial charge in [0.1, 0.15) is 11.7 Å². The minimum absolute atomic E-state index is 0.152. The summed E-state index contributed by atoms with van der Waals surface area (Å²) in [4.78, 5) is 29.0. The average Bonchev–Trinajstić information content (AvgIpc) is 3.02. The molecule has 0 bridgehead atoms. The van der Waals surface area contributed by atoms with E-state index in [4.69, 9.17) is 4.74 Å². The van der Waals surface area contributed by atoms with E-state index in [0.29, 0.717) is 18.5 Å². The van der Waals surface area contributed by atoms with Gasteiger partial charge in [0.15, 0.2) is 6.61 Å². The second-order valence-electron chi connectivity index (χ2n) is 5.07. The number of ether oxygens (including phenoxy) is 2. The van der Waals surface area contributed by atoms with Crippen LogP contribution in [0.2, 0.25) is 0 Å². The van der Waals surface area contributed by atoms with E-state index in [-0.39, 0.29) is 12.4 Å². The molecule has 0 spiro atoms. The average molecular weight is 347 g/mol. The Balaban J connectivity index is 2.01. The van der Waals surface area contributed by atoms with E-state index in [1.54, 1.807) is 12.1 Å². The Labute approximate surface area is 135 Å². The highest BCUT2D eigenvalue weighted by Crippen LogP contribution is 2.24. The standard InChI is InChI=1S/C14H16F3N3O4/c1-23-12-9(4-2-6-18-12)19-11(21)10-5-3-7-20(10)13(22)24-8-14(15,16)17/h2,4,6,10H,3,5,7-8H2,1H3,(H,19,21)/t10-/m0/s1. The van der Waals surface area contributed by atoms with E-state index in [9.17, 15) is 22.8 Å². The van der Waals surface area contributed by atoms with Crippen LogP contribution in [-0.2, 0) is 9.53 Å². The van der Waals surface area contributed by atoms with Crippen LogP contribution in [0.3, 0.4) is 0 Å². The van der Waals surface area contributed by atoms with Gasteiger partial charge in [0.05, 0.1) is 7.11 Å². The summed E-state index contributed by atoms with van der Waals surface area (Å²) in [6.07, 6.45) is -3.48. The van der Waals surface area contributed by atoms with Gasteiger partial charge in [-0.05, 0) is 25.0 Å². The molecule has 7 nitrogen and oxygen atoms in total. The number of halogens is 3. The van der Waals surface area contributed by atoms with E-state index in [1.807, 2.05) is 0 Å². The molecule has 0 unspecified atom stereocenters. The molecule has 2 rings (SSSR count). The summed E-state index contributed by atoms with van der Waals surface area (Å²) in [6.45, 7) is -1.54. The number of methoxy groups -OCH3 is 1. The second-order valence-corrected chi connectivity index (χ2v) is 5.07. The first-order chi connectivity index (χ1) is 11.3. The predicted molar refractivity (Wildman–Crippen MR) is 76.5 cm³/mol. The molecule has 10 heteroatoms. The fourth-order valence-corrected chi connectivity index (χ4v) is 2.35. The van der Waals surface area contributed by atoms with E-state index in [1.165, 1.54) is 13.3 Å². The maximum Gasteiger partial charge on any atom is 0.422 e. The van der Waals surface area contributed by atoms with Gasteiger partial charge in [-0.1, -0.05) is 0 Å². The van der Waals surface area contributed by atoms with E-state index < -0.39 is 30.8 Å². The first kappa shape index (κ1) is 17.8. The predicted octanol–water partition coefficient (Wildman–Crippen LogP) is 2.19. The van der Waals surface area contributed by atoms with Gasteiger partial charge in [0.25, 0.3) is 0 Å². The van der Waals surface area contributed by atoms with Gasteiger partial charge >= 0.3 is 12.3 Å². The van der Waals surface area contributed by atoms with Gasteiger partial charge in [-0.3, -0.25) is 9.69 Å². The fraction of sp³-hybridized carbons (Fsp3) is 0.500. The lowest BCUT2D eigenvalue weighted by atomic mass is 10.2. The Morgan fingerprint density at radius 1 is 1.46 bits per heavy atom. The molecule has 1 N–H and O–H groups in total. The SMILES string of the molecule is COc1ncccc1NC(=O)[C@@H]1CCCN1C(=O)OCC(F)(F)F. The lowest BCUT2D eigenvalue weighted by Crippen LogP contribution is -2.44. The molecule has 1 atom stereocenters. The van der Waals surface area contributed by atoms with Crippen LogP contribution in [0, 0.1) is 0 Å². The number of hydrogen-bond donors (Lipinski definition) is 1. The largest absolute Gasteiger partial charge is 0.480 e. The summed E-state index contributed by atoms with van der Waals surface area (Å²) in [5, 5.41) is 2.56. The van der Waals surface area contributed by atoms with Gasteiger partial charge < -0.3 is 14.8 Å². The first-order valence-corrected chi connectivity index (χ1v) is 7.12. The van der Waals surface area contributed by atoms with Crippen molar-refractivity contribution in [2.75, 3.05) is 25.6 Å². The highest BCUT2D eigenvalue weighted by Gasteiger charge is 2.37. The third-order valence-corrected chi connectivity index (χ3v) is 3.37. The molecule has 1 fully saturated rings. The van der Waals surface area contributed by atoms with Crippen molar-refractivity contribution in [3.63, 3.8) is 0 Å². The lowest BCUT2D eigenvalue weighted by Gasteiger charge is -2.23. The molecule has 0 aromatic carbocycles. The number of amides is 2. The van der Waals surface area contributed by atoms with Crippen molar-refractivity contribution in [1.29, 1.82) is 0 Å². The van der Waals surface area contributed by atoms with E-state index in [0.717, 1.165) is 4.90 Å². The van der Waals surface area contributed by atoms with Crippen LogP contribution in [-0.4, -0.2) is 54.4 Å². The molecule has 2 heterocycles. The number of alkyl halides is 3. The van der Waals surface area contributed by atoms with Crippen molar-refractivity contribution in [1.82, 2.24) is 9.88 Å². The van der Waals surface area contributed by atoms with Crippen molar-refractivity contribution in [2.24, 2.45) is 0 Å².